The molecular weight excluding hydrogens is 318 g/mol. The molecule has 1 amide bonds. The minimum absolute atomic E-state index is 0.0155. The minimum Gasteiger partial charge on any atom is -0.504 e. The normalized spacial score (nSPS) is 13.8. The number of carbonyl (C=O) groups is 2. The zero-order chi connectivity index (χ0) is 18.5. The van der Waals surface area contributed by atoms with Gasteiger partial charge in [-0.15, -0.1) is 0 Å². The third-order valence-electron chi connectivity index (χ3n) is 3.05. The van der Waals surface area contributed by atoms with Crippen LogP contribution in [0.4, 0.5) is 4.79 Å². The Bertz CT molecular complexity index is 595. The molecule has 0 aliphatic rings. The van der Waals surface area contributed by atoms with E-state index in [9.17, 15) is 24.9 Å². The van der Waals surface area contributed by atoms with Crippen molar-refractivity contribution in [2.75, 3.05) is 13.7 Å². The van der Waals surface area contributed by atoms with Gasteiger partial charge in [-0.1, -0.05) is 0 Å². The van der Waals surface area contributed by atoms with Crippen molar-refractivity contribution in [1.82, 2.24) is 5.32 Å². The largest absolute Gasteiger partial charge is 0.504 e. The van der Waals surface area contributed by atoms with Gasteiger partial charge in [-0.05, 0) is 38.5 Å². The van der Waals surface area contributed by atoms with Crippen LogP contribution in [0.3, 0.4) is 0 Å². The lowest BCUT2D eigenvalue weighted by Crippen LogP contribution is -2.39. The van der Waals surface area contributed by atoms with Crippen molar-refractivity contribution < 1.29 is 34.4 Å². The van der Waals surface area contributed by atoms with Crippen LogP contribution in [0.15, 0.2) is 12.1 Å². The van der Waals surface area contributed by atoms with E-state index < -0.39 is 23.9 Å². The summed E-state index contributed by atoms with van der Waals surface area (Å²) in [6.07, 6.45) is -3.20. The molecule has 0 saturated carbocycles. The van der Waals surface area contributed by atoms with Gasteiger partial charge in [-0.2, -0.15) is 0 Å². The van der Waals surface area contributed by atoms with E-state index in [0.717, 1.165) is 6.07 Å². The van der Waals surface area contributed by atoms with Crippen molar-refractivity contribution in [3.63, 3.8) is 0 Å². The number of aromatic hydroxyl groups is 1. The molecule has 0 spiro atoms. The van der Waals surface area contributed by atoms with Gasteiger partial charge in [0.1, 0.15) is 17.8 Å². The summed E-state index contributed by atoms with van der Waals surface area (Å²) in [5, 5.41) is 32.3. The number of ether oxygens (including phenoxy) is 2. The Morgan fingerprint density at radius 3 is 2.46 bits per heavy atom. The van der Waals surface area contributed by atoms with Gasteiger partial charge in [0, 0.05) is 12.1 Å². The maximum atomic E-state index is 11.5. The molecule has 1 rings (SSSR count). The number of hydrogen-bond donors (Lipinski definition) is 4. The highest BCUT2D eigenvalue weighted by atomic mass is 16.6. The molecular formula is C16H23NO7. The summed E-state index contributed by atoms with van der Waals surface area (Å²) in [6, 6.07) is 2.37. The van der Waals surface area contributed by atoms with Gasteiger partial charge in [0.05, 0.1) is 7.11 Å². The van der Waals surface area contributed by atoms with Crippen LogP contribution in [-0.4, -0.2) is 53.1 Å². The summed E-state index contributed by atoms with van der Waals surface area (Å²) < 4.78 is 9.89. The second-order valence-electron chi connectivity index (χ2n) is 6.17. The molecule has 0 saturated heterocycles. The molecule has 0 fully saturated rings. The monoisotopic (exact) mass is 341 g/mol. The van der Waals surface area contributed by atoms with Crippen molar-refractivity contribution in [3.05, 3.63) is 23.3 Å². The zero-order valence-corrected chi connectivity index (χ0v) is 14.1. The molecule has 2 unspecified atom stereocenters. The molecule has 1 aromatic carbocycles. The van der Waals surface area contributed by atoms with Gasteiger partial charge >= 0.3 is 6.09 Å². The lowest BCUT2D eigenvalue weighted by atomic mass is 9.98. The Labute approximate surface area is 140 Å². The molecule has 0 heterocycles. The van der Waals surface area contributed by atoms with Crippen LogP contribution in [0, 0.1) is 0 Å². The number of aldehydes is 1. The molecule has 8 nitrogen and oxygen atoms in total. The molecule has 8 heteroatoms. The Kier molecular flexibility index (Phi) is 6.56. The van der Waals surface area contributed by atoms with Crippen LogP contribution in [0.1, 0.15) is 42.8 Å². The van der Waals surface area contributed by atoms with Gasteiger partial charge in [0.2, 0.25) is 0 Å². The molecule has 2 atom stereocenters. The molecule has 0 radical (unpaired) electrons. The second-order valence-corrected chi connectivity index (χ2v) is 6.17. The Morgan fingerprint density at radius 2 is 1.96 bits per heavy atom. The van der Waals surface area contributed by atoms with Gasteiger partial charge in [0.15, 0.2) is 17.8 Å². The number of alkyl carbamates (subject to hydrolysis) is 1. The summed E-state index contributed by atoms with van der Waals surface area (Å²) in [5.74, 6) is -0.223. The van der Waals surface area contributed by atoms with E-state index in [0.29, 0.717) is 6.29 Å². The fourth-order valence-electron chi connectivity index (χ4n) is 1.94. The predicted octanol–water partition coefficient (Wildman–Crippen LogP) is 1.13. The SMILES string of the molecule is COc1cc(C=O)c(C(O)C(O)CNC(=O)OC(C)(C)C)cc1O. The molecule has 0 aliphatic heterocycles. The predicted molar refractivity (Wildman–Crippen MR) is 85.2 cm³/mol. The van der Waals surface area contributed by atoms with Gasteiger partial charge in [-0.3, -0.25) is 4.79 Å². The molecule has 0 aliphatic carbocycles. The topological polar surface area (TPSA) is 125 Å². The number of nitrogens with one attached hydrogen (secondary N) is 1. The maximum absolute atomic E-state index is 11.5. The number of methoxy groups -OCH3 is 1. The Morgan fingerprint density at radius 1 is 1.33 bits per heavy atom. The highest BCUT2D eigenvalue weighted by molar-refractivity contribution is 5.79. The van der Waals surface area contributed by atoms with E-state index in [2.05, 4.69) is 5.32 Å². The average molecular weight is 341 g/mol. The van der Waals surface area contributed by atoms with Crippen LogP contribution in [0.25, 0.3) is 0 Å². The number of benzene rings is 1. The molecule has 134 valence electrons. The van der Waals surface area contributed by atoms with E-state index in [1.807, 2.05) is 0 Å². The molecule has 0 bridgehead atoms. The smallest absolute Gasteiger partial charge is 0.407 e. The lowest BCUT2D eigenvalue weighted by Gasteiger charge is -2.23. The summed E-state index contributed by atoms with van der Waals surface area (Å²) in [6.45, 7) is 4.76. The van der Waals surface area contributed by atoms with Crippen LogP contribution >= 0.6 is 0 Å². The highest BCUT2D eigenvalue weighted by Gasteiger charge is 2.24. The second kappa shape index (κ2) is 7.98. The molecule has 0 aromatic heterocycles. The number of aliphatic hydroxyl groups is 2. The first kappa shape index (κ1) is 19.7. The average Bonchev–Trinajstić information content (AvgIpc) is 2.49. The highest BCUT2D eigenvalue weighted by Crippen LogP contribution is 2.32. The lowest BCUT2D eigenvalue weighted by molar-refractivity contribution is 0.0125. The maximum Gasteiger partial charge on any atom is 0.407 e. The van der Waals surface area contributed by atoms with Gasteiger partial charge in [-0.25, -0.2) is 4.79 Å². The van der Waals surface area contributed by atoms with E-state index in [-0.39, 0.29) is 29.2 Å². The van der Waals surface area contributed by atoms with Crippen LogP contribution in [0.2, 0.25) is 0 Å². The van der Waals surface area contributed by atoms with Crippen molar-refractivity contribution in [2.24, 2.45) is 0 Å². The third-order valence-corrected chi connectivity index (χ3v) is 3.05. The van der Waals surface area contributed by atoms with Gasteiger partial charge < -0.3 is 30.1 Å². The number of rotatable bonds is 6. The minimum atomic E-state index is -1.50. The summed E-state index contributed by atoms with van der Waals surface area (Å²) in [4.78, 5) is 22.7. The van der Waals surface area contributed by atoms with Crippen molar-refractivity contribution >= 4 is 12.4 Å². The van der Waals surface area contributed by atoms with Crippen molar-refractivity contribution in [2.45, 2.75) is 38.6 Å². The summed E-state index contributed by atoms with van der Waals surface area (Å²) in [5.41, 5.74) is -0.629. The Hall–Kier alpha value is -2.32. The fraction of sp³-hybridized carbons (Fsp3) is 0.500. The standard InChI is InChI=1S/C16H23NO7/c1-16(2,3)24-15(22)17-7-12(20)14(21)10-6-11(19)13(23-4)5-9(10)8-18/h5-6,8,12,14,19-21H,7H2,1-4H3,(H,17,22). The molecule has 24 heavy (non-hydrogen) atoms. The van der Waals surface area contributed by atoms with Gasteiger partial charge in [0.25, 0.3) is 0 Å². The number of phenols is 1. The number of hydrogen-bond acceptors (Lipinski definition) is 7. The third kappa shape index (κ3) is 5.39. The first-order valence-electron chi connectivity index (χ1n) is 7.28. The number of aliphatic hydroxyl groups excluding tert-OH is 2. The van der Waals surface area contributed by atoms with Crippen molar-refractivity contribution in [3.8, 4) is 11.5 Å². The number of phenolic OH excluding ortho intramolecular Hbond substituents is 1. The molecule has 1 aromatic rings. The van der Waals surface area contributed by atoms with Crippen LogP contribution in [-0.2, 0) is 4.74 Å². The van der Waals surface area contributed by atoms with Crippen LogP contribution < -0.4 is 10.1 Å². The van der Waals surface area contributed by atoms with Crippen molar-refractivity contribution in [1.29, 1.82) is 0 Å². The zero-order valence-electron chi connectivity index (χ0n) is 14.1. The molecule has 4 N–H and O–H groups in total. The van der Waals surface area contributed by atoms with E-state index in [1.54, 1.807) is 20.8 Å². The summed E-state index contributed by atoms with van der Waals surface area (Å²) >= 11 is 0. The number of carbonyl (C=O) groups excluding carboxylic acids is 2. The first-order chi connectivity index (χ1) is 11.1. The van der Waals surface area contributed by atoms with E-state index >= 15 is 0 Å². The van der Waals surface area contributed by atoms with Crippen LogP contribution in [0.5, 0.6) is 11.5 Å². The summed E-state index contributed by atoms with van der Waals surface area (Å²) in [7, 11) is 1.32. The van der Waals surface area contributed by atoms with E-state index in [1.165, 1.54) is 13.2 Å². The number of amides is 1. The fourth-order valence-corrected chi connectivity index (χ4v) is 1.94. The quantitative estimate of drug-likeness (QED) is 0.572. The first-order valence-corrected chi connectivity index (χ1v) is 7.28. The van der Waals surface area contributed by atoms with E-state index in [4.69, 9.17) is 9.47 Å². The Balaban J connectivity index is 2.82.